The van der Waals surface area contributed by atoms with Crippen molar-refractivity contribution in [2.24, 2.45) is 11.8 Å². The van der Waals surface area contributed by atoms with Crippen LogP contribution < -0.4 is 10.1 Å². The molecule has 2 aromatic carbocycles. The third-order valence-corrected chi connectivity index (χ3v) is 5.04. The summed E-state index contributed by atoms with van der Waals surface area (Å²) in [5.41, 5.74) is 0.192. The summed E-state index contributed by atoms with van der Waals surface area (Å²) < 4.78 is 32.5. The Labute approximate surface area is 157 Å². The number of hydrogen-bond acceptors (Lipinski definition) is 3. The lowest BCUT2D eigenvalue weighted by atomic mass is 9.82. The second-order valence-electron chi connectivity index (χ2n) is 7.00. The summed E-state index contributed by atoms with van der Waals surface area (Å²) in [6.07, 6.45) is 3.83. The summed E-state index contributed by atoms with van der Waals surface area (Å²) in [6, 6.07) is 9.99. The molecule has 0 bridgehead atoms. The van der Waals surface area contributed by atoms with Crippen molar-refractivity contribution in [1.29, 1.82) is 0 Å². The molecule has 1 amide bonds. The van der Waals surface area contributed by atoms with Gasteiger partial charge in [0.05, 0.1) is 6.61 Å². The molecule has 0 atom stereocenters. The lowest BCUT2D eigenvalue weighted by Gasteiger charge is -2.28. The van der Waals surface area contributed by atoms with E-state index in [9.17, 15) is 18.7 Å². The number of amides is 1. The third kappa shape index (κ3) is 5.18. The summed E-state index contributed by atoms with van der Waals surface area (Å²) in [6.45, 7) is 1.02. The van der Waals surface area contributed by atoms with Gasteiger partial charge < -0.3 is 15.2 Å². The second-order valence-corrected chi connectivity index (χ2v) is 7.00. The van der Waals surface area contributed by atoms with Gasteiger partial charge in [-0.15, -0.1) is 0 Å². The van der Waals surface area contributed by atoms with Crippen LogP contribution in [-0.2, 0) is 0 Å². The number of carbonyl (C=O) groups excluding carboxylic acids is 1. The highest BCUT2D eigenvalue weighted by Crippen LogP contribution is 2.29. The Morgan fingerprint density at radius 3 is 2.44 bits per heavy atom. The Balaban J connectivity index is 1.39. The van der Waals surface area contributed by atoms with E-state index < -0.39 is 11.6 Å². The van der Waals surface area contributed by atoms with Gasteiger partial charge in [-0.05, 0) is 67.9 Å². The van der Waals surface area contributed by atoms with Crippen LogP contribution in [0.5, 0.6) is 11.5 Å². The molecular weight excluding hydrogens is 352 g/mol. The maximum atomic E-state index is 13.6. The van der Waals surface area contributed by atoms with Crippen molar-refractivity contribution in [2.45, 2.75) is 25.7 Å². The molecule has 2 N–H and O–H groups in total. The third-order valence-electron chi connectivity index (χ3n) is 5.04. The summed E-state index contributed by atoms with van der Waals surface area (Å²) >= 11 is 0. The van der Waals surface area contributed by atoms with Gasteiger partial charge >= 0.3 is 0 Å². The van der Waals surface area contributed by atoms with Gasteiger partial charge in [0.25, 0.3) is 5.91 Å². The first kappa shape index (κ1) is 19.1. The molecule has 0 saturated heterocycles. The number of rotatable bonds is 6. The largest absolute Gasteiger partial charge is 0.505 e. The Morgan fingerprint density at radius 2 is 1.74 bits per heavy atom. The molecular formula is C21H23F2NO3. The molecule has 0 heterocycles. The van der Waals surface area contributed by atoms with Crippen LogP contribution in [0.4, 0.5) is 8.78 Å². The standard InChI is InChI=1S/C21H23F2NO3/c22-17-3-1-2-4-20(17)27-13-15-7-5-14(6-8-15)12-24-21(26)16-9-10-19(25)18(23)11-16/h1-4,9-11,14-15,25H,5-8,12-13H2,(H,24,26). The highest BCUT2D eigenvalue weighted by atomic mass is 19.1. The van der Waals surface area contributed by atoms with Gasteiger partial charge in [0.15, 0.2) is 23.1 Å². The highest BCUT2D eigenvalue weighted by Gasteiger charge is 2.22. The fourth-order valence-corrected chi connectivity index (χ4v) is 3.36. The molecule has 1 aliphatic rings. The zero-order valence-corrected chi connectivity index (χ0v) is 15.0. The first-order valence-electron chi connectivity index (χ1n) is 9.17. The molecule has 144 valence electrons. The quantitative estimate of drug-likeness (QED) is 0.792. The maximum Gasteiger partial charge on any atom is 0.251 e. The monoisotopic (exact) mass is 375 g/mol. The van der Waals surface area contributed by atoms with E-state index in [0.717, 1.165) is 31.7 Å². The van der Waals surface area contributed by atoms with Crippen molar-refractivity contribution >= 4 is 5.91 Å². The fourth-order valence-electron chi connectivity index (χ4n) is 3.36. The van der Waals surface area contributed by atoms with E-state index in [4.69, 9.17) is 4.74 Å². The maximum absolute atomic E-state index is 13.6. The van der Waals surface area contributed by atoms with E-state index in [1.807, 2.05) is 0 Å². The van der Waals surface area contributed by atoms with Gasteiger partial charge in [-0.3, -0.25) is 4.79 Å². The number of phenolic OH excluding ortho intramolecular Hbond substituents is 1. The molecule has 6 heteroatoms. The minimum Gasteiger partial charge on any atom is -0.505 e. The molecule has 4 nitrogen and oxygen atoms in total. The van der Waals surface area contributed by atoms with E-state index in [1.165, 1.54) is 18.2 Å². The van der Waals surface area contributed by atoms with E-state index in [2.05, 4.69) is 5.32 Å². The zero-order chi connectivity index (χ0) is 19.2. The van der Waals surface area contributed by atoms with Crippen molar-refractivity contribution in [1.82, 2.24) is 5.32 Å². The van der Waals surface area contributed by atoms with Crippen LogP contribution in [0.15, 0.2) is 42.5 Å². The molecule has 1 saturated carbocycles. The minimum atomic E-state index is -0.807. The average Bonchev–Trinajstić information content (AvgIpc) is 2.68. The number of benzene rings is 2. The second kappa shape index (κ2) is 8.84. The Kier molecular flexibility index (Phi) is 6.27. The van der Waals surface area contributed by atoms with Crippen molar-refractivity contribution in [3.63, 3.8) is 0 Å². The number of nitrogens with one attached hydrogen (secondary N) is 1. The number of aromatic hydroxyl groups is 1. The first-order valence-corrected chi connectivity index (χ1v) is 9.17. The zero-order valence-electron chi connectivity index (χ0n) is 15.0. The first-order chi connectivity index (χ1) is 13.0. The fraction of sp³-hybridized carbons (Fsp3) is 0.381. The van der Waals surface area contributed by atoms with Crippen LogP contribution in [0.3, 0.4) is 0 Å². The van der Waals surface area contributed by atoms with Gasteiger partial charge in [-0.25, -0.2) is 8.78 Å². The SMILES string of the molecule is O=C(NCC1CCC(COc2ccccc2F)CC1)c1ccc(O)c(F)c1. The van der Waals surface area contributed by atoms with E-state index in [-0.39, 0.29) is 23.0 Å². The van der Waals surface area contributed by atoms with Crippen LogP contribution in [0.1, 0.15) is 36.0 Å². The van der Waals surface area contributed by atoms with Crippen molar-refractivity contribution in [3.05, 3.63) is 59.7 Å². The lowest BCUT2D eigenvalue weighted by molar-refractivity contribution is 0.0937. The van der Waals surface area contributed by atoms with Crippen molar-refractivity contribution in [3.8, 4) is 11.5 Å². The van der Waals surface area contributed by atoms with Gasteiger partial charge in [-0.1, -0.05) is 12.1 Å². The molecule has 0 spiro atoms. The minimum absolute atomic E-state index is 0.192. The lowest BCUT2D eigenvalue weighted by Crippen LogP contribution is -2.32. The Hall–Kier alpha value is -2.63. The molecule has 2 aromatic rings. The molecule has 0 radical (unpaired) electrons. The van der Waals surface area contributed by atoms with Crippen LogP contribution in [0.25, 0.3) is 0 Å². The summed E-state index contributed by atoms with van der Waals surface area (Å²) in [5.74, 6) is -0.949. The van der Waals surface area contributed by atoms with E-state index >= 15 is 0 Å². The summed E-state index contributed by atoms with van der Waals surface area (Å²) in [4.78, 5) is 12.1. The van der Waals surface area contributed by atoms with Gasteiger partial charge in [0.2, 0.25) is 0 Å². The number of phenols is 1. The molecule has 27 heavy (non-hydrogen) atoms. The molecule has 0 aromatic heterocycles. The number of carbonyl (C=O) groups is 1. The summed E-state index contributed by atoms with van der Waals surface area (Å²) in [5, 5.41) is 12.0. The Morgan fingerprint density at radius 1 is 1.04 bits per heavy atom. The molecule has 1 aliphatic carbocycles. The highest BCUT2D eigenvalue weighted by molar-refractivity contribution is 5.94. The number of ether oxygens (including phenoxy) is 1. The molecule has 1 fully saturated rings. The predicted molar refractivity (Wildman–Crippen MR) is 97.7 cm³/mol. The van der Waals surface area contributed by atoms with Crippen LogP contribution in [0, 0.1) is 23.5 Å². The molecule has 3 rings (SSSR count). The van der Waals surface area contributed by atoms with Crippen LogP contribution in [0.2, 0.25) is 0 Å². The van der Waals surface area contributed by atoms with Crippen LogP contribution in [-0.4, -0.2) is 24.2 Å². The predicted octanol–water partition coefficient (Wildman–Crippen LogP) is 4.29. The van der Waals surface area contributed by atoms with Gasteiger partial charge in [0.1, 0.15) is 0 Å². The molecule has 0 aliphatic heterocycles. The number of hydrogen-bond donors (Lipinski definition) is 2. The van der Waals surface area contributed by atoms with Gasteiger partial charge in [0, 0.05) is 12.1 Å². The smallest absolute Gasteiger partial charge is 0.251 e. The van der Waals surface area contributed by atoms with Crippen molar-refractivity contribution in [2.75, 3.05) is 13.2 Å². The van der Waals surface area contributed by atoms with Crippen molar-refractivity contribution < 1.29 is 23.4 Å². The Bertz CT molecular complexity index is 789. The number of para-hydroxylation sites is 1. The van der Waals surface area contributed by atoms with E-state index in [0.29, 0.717) is 25.0 Å². The average molecular weight is 375 g/mol. The normalized spacial score (nSPS) is 19.5. The topological polar surface area (TPSA) is 58.6 Å². The summed E-state index contributed by atoms with van der Waals surface area (Å²) in [7, 11) is 0. The van der Waals surface area contributed by atoms with E-state index in [1.54, 1.807) is 18.2 Å². The number of halogens is 2. The van der Waals surface area contributed by atoms with Gasteiger partial charge in [-0.2, -0.15) is 0 Å². The molecule has 0 unspecified atom stereocenters. The van der Waals surface area contributed by atoms with Crippen LogP contribution >= 0.6 is 0 Å².